The minimum absolute atomic E-state index is 0.157. The van der Waals surface area contributed by atoms with Gasteiger partial charge < -0.3 is 14.7 Å². The fourth-order valence-corrected chi connectivity index (χ4v) is 5.67. The Hall–Kier alpha value is -1.92. The van der Waals surface area contributed by atoms with Gasteiger partial charge in [0.1, 0.15) is 5.60 Å². The summed E-state index contributed by atoms with van der Waals surface area (Å²) < 4.78 is 12.5. The maximum absolute atomic E-state index is 9.11. The molecule has 0 saturated carbocycles. The summed E-state index contributed by atoms with van der Waals surface area (Å²) in [5.41, 5.74) is 1.78. The third kappa shape index (κ3) is 4.39. The molecule has 0 unspecified atom stereocenters. The molecule has 1 aliphatic rings. The standard InChI is InChI=1S/C20H23N3O3S2/c1-13-11-20(25-3,7-9-26-13)18-12-22-19(28-18)27-16-4-5-17(14(2)23-24)15(10-16)6-8-21/h4-5,10,12-13,24H,6-7,9,11H2,1-3H3/b23-14+/t13-,20+/m0/s1. The lowest BCUT2D eigenvalue weighted by Crippen LogP contribution is -2.38. The van der Waals surface area contributed by atoms with Gasteiger partial charge in [0, 0.05) is 36.6 Å². The van der Waals surface area contributed by atoms with E-state index in [-0.39, 0.29) is 18.1 Å². The fraction of sp³-hybridized carbons (Fsp3) is 0.450. The molecule has 6 nitrogen and oxygen atoms in total. The van der Waals surface area contributed by atoms with Crippen LogP contribution < -0.4 is 0 Å². The van der Waals surface area contributed by atoms with Gasteiger partial charge in [0.25, 0.3) is 0 Å². The monoisotopic (exact) mass is 417 g/mol. The number of aromatic nitrogens is 1. The highest BCUT2D eigenvalue weighted by atomic mass is 32.2. The smallest absolute Gasteiger partial charge is 0.154 e. The van der Waals surface area contributed by atoms with Crippen molar-refractivity contribution in [1.29, 1.82) is 5.26 Å². The molecular formula is C20H23N3O3S2. The molecule has 1 fully saturated rings. The van der Waals surface area contributed by atoms with Crippen molar-refractivity contribution in [3.05, 3.63) is 40.4 Å². The molecule has 0 aliphatic carbocycles. The van der Waals surface area contributed by atoms with Crippen molar-refractivity contribution in [3.63, 3.8) is 0 Å². The van der Waals surface area contributed by atoms with Gasteiger partial charge in [-0.05, 0) is 31.5 Å². The topological polar surface area (TPSA) is 87.7 Å². The Balaban J connectivity index is 1.83. The first kappa shape index (κ1) is 20.8. The van der Waals surface area contributed by atoms with Gasteiger partial charge in [-0.3, -0.25) is 0 Å². The Kier molecular flexibility index (Phi) is 6.73. The molecule has 0 spiro atoms. The predicted molar refractivity (Wildman–Crippen MR) is 109 cm³/mol. The number of rotatable bonds is 6. The number of hydrogen-bond donors (Lipinski definition) is 1. The first-order chi connectivity index (χ1) is 13.5. The molecule has 3 rings (SSSR count). The fourth-order valence-electron chi connectivity index (χ4n) is 3.45. The number of methoxy groups -OCH3 is 1. The zero-order chi connectivity index (χ0) is 20.1. The second-order valence-electron chi connectivity index (χ2n) is 6.77. The molecule has 1 aromatic carbocycles. The molecule has 1 N–H and O–H groups in total. The summed E-state index contributed by atoms with van der Waals surface area (Å²) in [5, 5.41) is 21.4. The van der Waals surface area contributed by atoms with Crippen LogP contribution in [0.4, 0.5) is 0 Å². The first-order valence-corrected chi connectivity index (χ1v) is 10.6. The number of oxime groups is 1. The number of thiazole rings is 1. The Morgan fingerprint density at radius 1 is 1.57 bits per heavy atom. The van der Waals surface area contributed by atoms with Crippen LogP contribution in [-0.4, -0.2) is 35.7 Å². The quantitative estimate of drug-likeness (QED) is 0.420. The van der Waals surface area contributed by atoms with Gasteiger partial charge in [0.05, 0.1) is 35.8 Å². The summed E-state index contributed by atoms with van der Waals surface area (Å²) in [5.74, 6) is 0. The van der Waals surface area contributed by atoms with E-state index in [4.69, 9.17) is 19.9 Å². The second-order valence-corrected chi connectivity index (χ2v) is 9.12. The van der Waals surface area contributed by atoms with Crippen LogP contribution in [0.15, 0.2) is 38.8 Å². The minimum atomic E-state index is -0.335. The van der Waals surface area contributed by atoms with Crippen molar-refractivity contribution < 1.29 is 14.7 Å². The predicted octanol–water partition coefficient (Wildman–Crippen LogP) is 4.60. The van der Waals surface area contributed by atoms with Crippen LogP contribution in [0.5, 0.6) is 0 Å². The third-order valence-corrected chi connectivity index (χ3v) is 7.19. The van der Waals surface area contributed by atoms with Crippen LogP contribution in [0, 0.1) is 11.3 Å². The lowest BCUT2D eigenvalue weighted by molar-refractivity contribution is -0.120. The summed E-state index contributed by atoms with van der Waals surface area (Å²) in [6, 6.07) is 7.97. The molecule has 0 amide bonds. The molecule has 1 saturated heterocycles. The van der Waals surface area contributed by atoms with E-state index < -0.39 is 0 Å². The average Bonchev–Trinajstić information content (AvgIpc) is 3.17. The Morgan fingerprint density at radius 3 is 3.07 bits per heavy atom. The minimum Gasteiger partial charge on any atom is -0.411 e. The molecule has 0 radical (unpaired) electrons. The molecule has 148 valence electrons. The van der Waals surface area contributed by atoms with Crippen molar-refractivity contribution in [2.75, 3.05) is 13.7 Å². The zero-order valence-electron chi connectivity index (χ0n) is 16.1. The summed E-state index contributed by atoms with van der Waals surface area (Å²) in [6.07, 6.45) is 3.95. The van der Waals surface area contributed by atoms with Gasteiger partial charge in [-0.25, -0.2) is 4.98 Å². The molecule has 2 heterocycles. The van der Waals surface area contributed by atoms with Crippen LogP contribution in [0.2, 0.25) is 0 Å². The SMILES string of the molecule is CO[C@]1(c2cnc(Sc3ccc(/C(C)=N/O)c(CC#N)c3)s2)CCO[C@@H](C)C1. The lowest BCUT2D eigenvalue weighted by atomic mass is 9.89. The third-order valence-electron chi connectivity index (χ3n) is 4.94. The Morgan fingerprint density at radius 2 is 2.39 bits per heavy atom. The lowest BCUT2D eigenvalue weighted by Gasteiger charge is -2.37. The zero-order valence-corrected chi connectivity index (χ0v) is 17.8. The van der Waals surface area contributed by atoms with Crippen molar-refractivity contribution in [2.45, 2.75) is 54.1 Å². The summed E-state index contributed by atoms with van der Waals surface area (Å²) in [6.45, 7) is 4.47. The summed E-state index contributed by atoms with van der Waals surface area (Å²) >= 11 is 3.20. The summed E-state index contributed by atoms with van der Waals surface area (Å²) in [4.78, 5) is 6.69. The molecule has 28 heavy (non-hydrogen) atoms. The van der Waals surface area contributed by atoms with E-state index in [1.165, 1.54) is 0 Å². The van der Waals surface area contributed by atoms with Gasteiger partial charge in [-0.15, -0.1) is 11.3 Å². The number of nitriles is 1. The van der Waals surface area contributed by atoms with Crippen LogP contribution >= 0.6 is 23.1 Å². The van der Waals surface area contributed by atoms with Crippen LogP contribution in [0.3, 0.4) is 0 Å². The molecule has 2 atom stereocenters. The van der Waals surface area contributed by atoms with Crippen molar-refractivity contribution in [1.82, 2.24) is 4.98 Å². The number of benzene rings is 1. The molecule has 1 aromatic heterocycles. The van der Waals surface area contributed by atoms with Crippen LogP contribution in [0.25, 0.3) is 0 Å². The number of nitrogens with zero attached hydrogens (tertiary/aromatic N) is 3. The maximum Gasteiger partial charge on any atom is 0.154 e. The van der Waals surface area contributed by atoms with Gasteiger partial charge >= 0.3 is 0 Å². The highest BCUT2D eigenvalue weighted by Gasteiger charge is 2.39. The van der Waals surface area contributed by atoms with Crippen LogP contribution in [0.1, 0.15) is 42.7 Å². The van der Waals surface area contributed by atoms with Gasteiger partial charge in [-0.2, -0.15) is 5.26 Å². The molecular weight excluding hydrogens is 394 g/mol. The van der Waals surface area contributed by atoms with Crippen molar-refractivity contribution in [3.8, 4) is 6.07 Å². The van der Waals surface area contributed by atoms with E-state index in [0.29, 0.717) is 12.3 Å². The van der Waals surface area contributed by atoms with E-state index in [0.717, 1.165) is 38.1 Å². The van der Waals surface area contributed by atoms with E-state index in [1.54, 1.807) is 37.1 Å². The molecule has 1 aliphatic heterocycles. The molecule has 2 aromatic rings. The van der Waals surface area contributed by atoms with Gasteiger partial charge in [0.15, 0.2) is 4.34 Å². The van der Waals surface area contributed by atoms with Crippen molar-refractivity contribution in [2.24, 2.45) is 5.16 Å². The summed E-state index contributed by atoms with van der Waals surface area (Å²) in [7, 11) is 1.75. The maximum atomic E-state index is 9.11. The normalized spacial score (nSPS) is 22.8. The Bertz CT molecular complexity index is 906. The number of ether oxygens (including phenoxy) is 2. The first-order valence-electron chi connectivity index (χ1n) is 9.01. The van der Waals surface area contributed by atoms with Crippen LogP contribution in [-0.2, 0) is 21.5 Å². The van der Waals surface area contributed by atoms with Crippen molar-refractivity contribution >= 4 is 28.8 Å². The number of hydrogen-bond acceptors (Lipinski definition) is 8. The molecule has 0 bridgehead atoms. The highest BCUT2D eigenvalue weighted by molar-refractivity contribution is 8.01. The van der Waals surface area contributed by atoms with E-state index in [9.17, 15) is 0 Å². The second kappa shape index (κ2) is 9.05. The van der Waals surface area contributed by atoms with Gasteiger partial charge in [-0.1, -0.05) is 23.0 Å². The highest BCUT2D eigenvalue weighted by Crippen LogP contribution is 2.43. The average molecular weight is 418 g/mol. The van der Waals surface area contributed by atoms with Gasteiger partial charge in [0.2, 0.25) is 0 Å². The Labute approximate surface area is 173 Å². The molecule has 8 heteroatoms. The van der Waals surface area contributed by atoms with E-state index in [2.05, 4.69) is 23.1 Å². The largest absolute Gasteiger partial charge is 0.411 e. The van der Waals surface area contributed by atoms with E-state index >= 15 is 0 Å². The van der Waals surface area contributed by atoms with E-state index in [1.807, 2.05) is 24.4 Å².